The summed E-state index contributed by atoms with van der Waals surface area (Å²) < 4.78 is 4.56. The lowest BCUT2D eigenvalue weighted by Gasteiger charge is -2.07. The SMILES string of the molecule is CNc1cc(C(=O)OC)c(C)c([N+](=O)[O-])c1. The number of nitrogens with one attached hydrogen (secondary N) is 1. The zero-order chi connectivity index (χ0) is 12.3. The molecule has 0 atom stereocenters. The van der Waals surface area contributed by atoms with Crippen LogP contribution in [0.4, 0.5) is 11.4 Å². The molecule has 6 nitrogen and oxygen atoms in total. The molecule has 0 bridgehead atoms. The Hall–Kier alpha value is -2.11. The van der Waals surface area contributed by atoms with Gasteiger partial charge in [0.25, 0.3) is 5.69 Å². The summed E-state index contributed by atoms with van der Waals surface area (Å²) in [7, 11) is 2.86. The number of nitrogens with zero attached hydrogens (tertiary/aromatic N) is 1. The number of nitro benzene ring substituents is 1. The maximum Gasteiger partial charge on any atom is 0.338 e. The van der Waals surface area contributed by atoms with Crippen molar-refractivity contribution in [3.8, 4) is 0 Å². The van der Waals surface area contributed by atoms with Crippen LogP contribution >= 0.6 is 0 Å². The van der Waals surface area contributed by atoms with Gasteiger partial charge in [0, 0.05) is 24.4 Å². The Kier molecular flexibility index (Phi) is 3.44. The van der Waals surface area contributed by atoms with Gasteiger partial charge in [-0.05, 0) is 13.0 Å². The maximum atomic E-state index is 11.4. The lowest BCUT2D eigenvalue weighted by Crippen LogP contribution is -2.07. The van der Waals surface area contributed by atoms with Gasteiger partial charge in [-0.15, -0.1) is 0 Å². The molecule has 1 rings (SSSR count). The van der Waals surface area contributed by atoms with Gasteiger partial charge in [0.2, 0.25) is 0 Å². The molecule has 1 aromatic carbocycles. The number of carbonyl (C=O) groups excluding carboxylic acids is 1. The van der Waals surface area contributed by atoms with Gasteiger partial charge in [0.1, 0.15) is 0 Å². The van der Waals surface area contributed by atoms with Gasteiger partial charge >= 0.3 is 5.97 Å². The van der Waals surface area contributed by atoms with Gasteiger partial charge in [-0.25, -0.2) is 4.79 Å². The average molecular weight is 224 g/mol. The summed E-state index contributed by atoms with van der Waals surface area (Å²) in [5.41, 5.74) is 0.891. The molecule has 0 unspecified atom stereocenters. The minimum absolute atomic E-state index is 0.104. The first-order valence-electron chi connectivity index (χ1n) is 4.56. The number of ether oxygens (including phenoxy) is 1. The predicted molar refractivity (Wildman–Crippen MR) is 58.7 cm³/mol. The highest BCUT2D eigenvalue weighted by Crippen LogP contribution is 2.26. The first kappa shape index (κ1) is 12.0. The first-order valence-corrected chi connectivity index (χ1v) is 4.56. The van der Waals surface area contributed by atoms with E-state index in [0.717, 1.165) is 0 Å². The molecule has 1 aromatic rings. The number of hydrogen-bond donors (Lipinski definition) is 1. The van der Waals surface area contributed by atoms with Crippen molar-refractivity contribution in [1.82, 2.24) is 0 Å². The molecule has 0 saturated carbocycles. The van der Waals surface area contributed by atoms with E-state index >= 15 is 0 Å². The van der Waals surface area contributed by atoms with Crippen LogP contribution in [0.25, 0.3) is 0 Å². The van der Waals surface area contributed by atoms with Crippen LogP contribution in [0.5, 0.6) is 0 Å². The summed E-state index contributed by atoms with van der Waals surface area (Å²) in [4.78, 5) is 21.7. The topological polar surface area (TPSA) is 81.5 Å². The van der Waals surface area contributed by atoms with Crippen molar-refractivity contribution in [2.75, 3.05) is 19.5 Å². The second-order valence-corrected chi connectivity index (χ2v) is 3.17. The molecule has 86 valence electrons. The molecular weight excluding hydrogens is 212 g/mol. The number of hydrogen-bond acceptors (Lipinski definition) is 5. The van der Waals surface area contributed by atoms with Crippen molar-refractivity contribution < 1.29 is 14.5 Å². The Morgan fingerprint density at radius 2 is 2.12 bits per heavy atom. The molecule has 0 amide bonds. The van der Waals surface area contributed by atoms with Crippen LogP contribution in [0, 0.1) is 17.0 Å². The van der Waals surface area contributed by atoms with Gasteiger partial charge < -0.3 is 10.1 Å². The summed E-state index contributed by atoms with van der Waals surface area (Å²) in [6, 6.07) is 2.90. The quantitative estimate of drug-likeness (QED) is 0.480. The normalized spacial score (nSPS) is 9.69. The third-order valence-corrected chi connectivity index (χ3v) is 2.27. The molecule has 6 heteroatoms. The molecule has 0 heterocycles. The van der Waals surface area contributed by atoms with E-state index < -0.39 is 10.9 Å². The molecule has 16 heavy (non-hydrogen) atoms. The van der Waals surface area contributed by atoms with Crippen LogP contribution < -0.4 is 5.32 Å². The van der Waals surface area contributed by atoms with Crippen molar-refractivity contribution in [2.45, 2.75) is 6.92 Å². The van der Waals surface area contributed by atoms with Crippen molar-refractivity contribution in [2.24, 2.45) is 0 Å². The Bertz CT molecular complexity index is 443. The summed E-state index contributed by atoms with van der Waals surface area (Å²) in [5.74, 6) is -0.585. The van der Waals surface area contributed by atoms with Crippen molar-refractivity contribution in [3.63, 3.8) is 0 Å². The van der Waals surface area contributed by atoms with E-state index in [2.05, 4.69) is 10.1 Å². The number of nitro groups is 1. The van der Waals surface area contributed by atoms with Crippen LogP contribution in [0.15, 0.2) is 12.1 Å². The number of esters is 1. The Morgan fingerprint density at radius 1 is 1.50 bits per heavy atom. The second-order valence-electron chi connectivity index (χ2n) is 3.17. The molecule has 0 aromatic heterocycles. The summed E-state index contributed by atoms with van der Waals surface area (Å²) in [5, 5.41) is 13.5. The lowest BCUT2D eigenvalue weighted by molar-refractivity contribution is -0.385. The zero-order valence-electron chi connectivity index (χ0n) is 9.23. The number of benzene rings is 1. The standard InChI is InChI=1S/C10H12N2O4/c1-6-8(10(13)16-3)4-7(11-2)5-9(6)12(14)15/h4-5,11H,1-3H3. The minimum atomic E-state index is -0.585. The highest BCUT2D eigenvalue weighted by Gasteiger charge is 2.20. The highest BCUT2D eigenvalue weighted by atomic mass is 16.6. The fourth-order valence-corrected chi connectivity index (χ4v) is 1.35. The van der Waals surface area contributed by atoms with Crippen molar-refractivity contribution >= 4 is 17.3 Å². The van der Waals surface area contributed by atoms with Gasteiger partial charge in [-0.2, -0.15) is 0 Å². The zero-order valence-corrected chi connectivity index (χ0v) is 9.23. The van der Waals surface area contributed by atoms with E-state index in [0.29, 0.717) is 11.3 Å². The van der Waals surface area contributed by atoms with E-state index in [1.54, 1.807) is 7.05 Å². The third kappa shape index (κ3) is 2.10. The van der Waals surface area contributed by atoms with Crippen LogP contribution in [0.1, 0.15) is 15.9 Å². The number of carbonyl (C=O) groups is 1. The van der Waals surface area contributed by atoms with E-state index in [-0.39, 0.29) is 11.3 Å². The van der Waals surface area contributed by atoms with Crippen molar-refractivity contribution in [1.29, 1.82) is 0 Å². The molecule has 0 aliphatic heterocycles. The summed E-state index contributed by atoms with van der Waals surface area (Å²) in [6.07, 6.45) is 0. The van der Waals surface area contributed by atoms with Crippen LogP contribution in [-0.2, 0) is 4.74 Å². The largest absolute Gasteiger partial charge is 0.465 e. The van der Waals surface area contributed by atoms with Crippen LogP contribution in [-0.4, -0.2) is 25.1 Å². The first-order chi connectivity index (χ1) is 7.51. The van der Waals surface area contributed by atoms with E-state index in [1.165, 1.54) is 26.2 Å². The Balaban J connectivity index is 3.43. The van der Waals surface area contributed by atoms with E-state index in [1.807, 2.05) is 0 Å². The Morgan fingerprint density at radius 3 is 2.56 bits per heavy atom. The number of anilines is 1. The minimum Gasteiger partial charge on any atom is -0.465 e. The smallest absolute Gasteiger partial charge is 0.338 e. The van der Waals surface area contributed by atoms with Crippen LogP contribution in [0.3, 0.4) is 0 Å². The monoisotopic (exact) mass is 224 g/mol. The predicted octanol–water partition coefficient (Wildman–Crippen LogP) is 1.73. The molecular formula is C10H12N2O4. The molecule has 0 aliphatic carbocycles. The second kappa shape index (κ2) is 4.61. The van der Waals surface area contributed by atoms with E-state index in [4.69, 9.17) is 0 Å². The molecule has 0 fully saturated rings. The van der Waals surface area contributed by atoms with E-state index in [9.17, 15) is 14.9 Å². The lowest BCUT2D eigenvalue weighted by atomic mass is 10.1. The fraction of sp³-hybridized carbons (Fsp3) is 0.300. The van der Waals surface area contributed by atoms with Crippen LogP contribution in [0.2, 0.25) is 0 Å². The number of methoxy groups -OCH3 is 1. The van der Waals surface area contributed by atoms with Gasteiger partial charge in [-0.3, -0.25) is 10.1 Å². The average Bonchev–Trinajstić information content (AvgIpc) is 2.28. The third-order valence-electron chi connectivity index (χ3n) is 2.27. The molecule has 0 spiro atoms. The molecule has 0 aliphatic rings. The van der Waals surface area contributed by atoms with Gasteiger partial charge in [-0.1, -0.05) is 0 Å². The molecule has 0 saturated heterocycles. The maximum absolute atomic E-state index is 11.4. The van der Waals surface area contributed by atoms with Gasteiger partial charge in [0.05, 0.1) is 17.6 Å². The fourth-order valence-electron chi connectivity index (χ4n) is 1.35. The Labute approximate surface area is 92.4 Å². The summed E-state index contributed by atoms with van der Waals surface area (Å²) in [6.45, 7) is 1.52. The highest BCUT2D eigenvalue weighted by molar-refractivity contribution is 5.93. The molecule has 0 radical (unpaired) electrons. The van der Waals surface area contributed by atoms with Gasteiger partial charge in [0.15, 0.2) is 0 Å². The number of rotatable bonds is 3. The molecule has 1 N–H and O–H groups in total. The van der Waals surface area contributed by atoms with Crippen molar-refractivity contribution in [3.05, 3.63) is 33.4 Å². The summed E-state index contributed by atoms with van der Waals surface area (Å²) >= 11 is 0.